The summed E-state index contributed by atoms with van der Waals surface area (Å²) in [7, 11) is 0. The smallest absolute Gasteiger partial charge is 0.0649 e. The molecule has 0 aliphatic rings. The van der Waals surface area contributed by atoms with Crippen molar-refractivity contribution in [3.63, 3.8) is 0 Å². The second-order valence-electron chi connectivity index (χ2n) is 4.11. The van der Waals surface area contributed by atoms with Gasteiger partial charge in [-0.15, -0.1) is 11.3 Å². The fourth-order valence-corrected chi connectivity index (χ4v) is 3.02. The average Bonchev–Trinajstić information content (AvgIpc) is 2.73. The fraction of sp³-hybridized carbons (Fsp3) is 0.385. The van der Waals surface area contributed by atoms with Crippen LogP contribution in [0, 0.1) is 20.8 Å². The van der Waals surface area contributed by atoms with Crippen molar-refractivity contribution < 1.29 is 0 Å². The Morgan fingerprint density at radius 2 is 1.60 bits per heavy atom. The van der Waals surface area contributed by atoms with Crippen LogP contribution in [0.5, 0.6) is 0 Å². The maximum absolute atomic E-state index is 2.39. The molecular weight excluding hydrogens is 202 g/mol. The summed E-state index contributed by atoms with van der Waals surface area (Å²) in [5, 5.41) is 0. The summed E-state index contributed by atoms with van der Waals surface area (Å²) in [4.78, 5) is 2.83. The molecule has 2 heterocycles. The normalized spacial score (nSPS) is 13.1. The van der Waals surface area contributed by atoms with Gasteiger partial charge < -0.3 is 4.57 Å². The van der Waals surface area contributed by atoms with Crippen LogP contribution in [0.2, 0.25) is 0 Å². The van der Waals surface area contributed by atoms with Gasteiger partial charge in [-0.3, -0.25) is 0 Å². The van der Waals surface area contributed by atoms with Crippen molar-refractivity contribution in [2.75, 3.05) is 0 Å². The van der Waals surface area contributed by atoms with Gasteiger partial charge in [0.25, 0.3) is 0 Å². The van der Waals surface area contributed by atoms with E-state index in [-0.39, 0.29) is 0 Å². The van der Waals surface area contributed by atoms with Crippen molar-refractivity contribution >= 4 is 11.3 Å². The summed E-state index contributed by atoms with van der Waals surface area (Å²) >= 11 is 1.89. The van der Waals surface area contributed by atoms with Crippen molar-refractivity contribution in [3.8, 4) is 0 Å². The minimum atomic E-state index is 0.457. The maximum atomic E-state index is 2.39. The average molecular weight is 219 g/mol. The Labute approximate surface area is 95.4 Å². The minimum Gasteiger partial charge on any atom is -0.341 e. The second kappa shape index (κ2) is 3.86. The Hall–Kier alpha value is -1.02. The molecular formula is C13H17NS. The molecule has 0 amide bonds. The van der Waals surface area contributed by atoms with Gasteiger partial charge in [-0.2, -0.15) is 0 Å². The Morgan fingerprint density at radius 3 is 2.07 bits per heavy atom. The standard InChI is InChI=1S/C13H17NS/c1-9-5-6-10(2)14(9)12(4)13-8-7-11(3)15-13/h5-8,12H,1-4H3. The van der Waals surface area contributed by atoms with E-state index in [2.05, 4.69) is 56.5 Å². The van der Waals surface area contributed by atoms with Gasteiger partial charge >= 0.3 is 0 Å². The third-order valence-corrected chi connectivity index (χ3v) is 4.06. The number of thiophene rings is 1. The zero-order valence-electron chi connectivity index (χ0n) is 9.74. The summed E-state index contributed by atoms with van der Waals surface area (Å²) in [6.07, 6.45) is 0. The first-order valence-electron chi connectivity index (χ1n) is 5.30. The van der Waals surface area contributed by atoms with E-state index in [0.29, 0.717) is 6.04 Å². The summed E-state index contributed by atoms with van der Waals surface area (Å²) in [6, 6.07) is 9.27. The molecule has 0 N–H and O–H groups in total. The highest BCUT2D eigenvalue weighted by molar-refractivity contribution is 7.12. The SMILES string of the molecule is Cc1ccc(C(C)n2c(C)ccc2C)s1. The van der Waals surface area contributed by atoms with E-state index in [1.54, 1.807) is 0 Å². The van der Waals surface area contributed by atoms with Gasteiger partial charge in [-0.05, 0) is 52.0 Å². The lowest BCUT2D eigenvalue weighted by Gasteiger charge is -2.17. The molecule has 2 rings (SSSR count). The molecule has 0 aliphatic carbocycles. The Kier molecular flexibility index (Phi) is 2.70. The Balaban J connectivity index is 2.40. The van der Waals surface area contributed by atoms with Gasteiger partial charge in [-0.25, -0.2) is 0 Å². The van der Waals surface area contributed by atoms with Crippen molar-refractivity contribution in [1.82, 2.24) is 4.57 Å². The van der Waals surface area contributed by atoms with Crippen LogP contribution in [0.4, 0.5) is 0 Å². The van der Waals surface area contributed by atoms with Crippen molar-refractivity contribution in [2.45, 2.75) is 33.7 Å². The van der Waals surface area contributed by atoms with E-state index in [0.717, 1.165) is 0 Å². The molecule has 0 fully saturated rings. The summed E-state index contributed by atoms with van der Waals surface area (Å²) in [5.74, 6) is 0. The lowest BCUT2D eigenvalue weighted by molar-refractivity contribution is 0.620. The molecule has 80 valence electrons. The highest BCUT2D eigenvalue weighted by Gasteiger charge is 2.12. The van der Waals surface area contributed by atoms with Gasteiger partial charge in [0.1, 0.15) is 0 Å². The van der Waals surface area contributed by atoms with Crippen LogP contribution in [0.15, 0.2) is 24.3 Å². The molecule has 1 unspecified atom stereocenters. The largest absolute Gasteiger partial charge is 0.341 e. The minimum absolute atomic E-state index is 0.457. The van der Waals surface area contributed by atoms with Crippen LogP contribution in [-0.4, -0.2) is 4.57 Å². The topological polar surface area (TPSA) is 4.93 Å². The van der Waals surface area contributed by atoms with Gasteiger partial charge in [0.05, 0.1) is 6.04 Å². The number of aromatic nitrogens is 1. The van der Waals surface area contributed by atoms with Crippen molar-refractivity contribution in [3.05, 3.63) is 45.4 Å². The molecule has 0 saturated carbocycles. The number of rotatable bonds is 2. The van der Waals surface area contributed by atoms with Crippen LogP contribution in [0.3, 0.4) is 0 Å². The lowest BCUT2D eigenvalue weighted by Crippen LogP contribution is -2.08. The molecule has 2 aromatic rings. The fourth-order valence-electron chi connectivity index (χ4n) is 2.10. The van der Waals surface area contributed by atoms with E-state index in [1.807, 2.05) is 11.3 Å². The molecule has 2 heteroatoms. The molecule has 0 saturated heterocycles. The molecule has 1 nitrogen and oxygen atoms in total. The maximum Gasteiger partial charge on any atom is 0.0649 e. The number of hydrogen-bond acceptors (Lipinski definition) is 1. The van der Waals surface area contributed by atoms with E-state index >= 15 is 0 Å². The van der Waals surface area contributed by atoms with Crippen molar-refractivity contribution in [2.24, 2.45) is 0 Å². The van der Waals surface area contributed by atoms with E-state index in [9.17, 15) is 0 Å². The monoisotopic (exact) mass is 219 g/mol. The molecule has 0 spiro atoms. The summed E-state index contributed by atoms with van der Waals surface area (Å²) in [5.41, 5.74) is 2.68. The third-order valence-electron chi connectivity index (χ3n) is 2.89. The summed E-state index contributed by atoms with van der Waals surface area (Å²) < 4.78 is 2.39. The molecule has 1 atom stereocenters. The van der Waals surface area contributed by atoms with Crippen LogP contribution < -0.4 is 0 Å². The highest BCUT2D eigenvalue weighted by atomic mass is 32.1. The Bertz CT molecular complexity index is 445. The predicted molar refractivity (Wildman–Crippen MR) is 66.8 cm³/mol. The van der Waals surface area contributed by atoms with Gasteiger partial charge in [0.15, 0.2) is 0 Å². The quantitative estimate of drug-likeness (QED) is 0.717. The zero-order chi connectivity index (χ0) is 11.0. The molecule has 15 heavy (non-hydrogen) atoms. The van der Waals surface area contributed by atoms with Crippen LogP contribution in [0.25, 0.3) is 0 Å². The third kappa shape index (κ3) is 1.86. The van der Waals surface area contributed by atoms with Crippen molar-refractivity contribution in [1.29, 1.82) is 0 Å². The number of aryl methyl sites for hydroxylation is 3. The van der Waals surface area contributed by atoms with E-state index < -0.39 is 0 Å². The molecule has 0 radical (unpaired) electrons. The first kappa shape index (κ1) is 10.5. The number of hydrogen-bond donors (Lipinski definition) is 0. The van der Waals surface area contributed by atoms with Gasteiger partial charge in [0.2, 0.25) is 0 Å². The van der Waals surface area contributed by atoms with E-state index in [1.165, 1.54) is 21.1 Å². The van der Waals surface area contributed by atoms with Crippen LogP contribution in [-0.2, 0) is 0 Å². The van der Waals surface area contributed by atoms with Gasteiger partial charge in [-0.1, -0.05) is 0 Å². The molecule has 0 aromatic carbocycles. The first-order chi connectivity index (χ1) is 7.09. The molecule has 0 aliphatic heterocycles. The second-order valence-corrected chi connectivity index (χ2v) is 5.43. The highest BCUT2D eigenvalue weighted by Crippen LogP contribution is 2.28. The first-order valence-corrected chi connectivity index (χ1v) is 6.12. The molecule has 2 aromatic heterocycles. The zero-order valence-corrected chi connectivity index (χ0v) is 10.6. The van der Waals surface area contributed by atoms with Crippen LogP contribution >= 0.6 is 11.3 Å². The molecule has 0 bridgehead atoms. The summed E-state index contributed by atoms with van der Waals surface area (Å²) in [6.45, 7) is 8.77. The van der Waals surface area contributed by atoms with E-state index in [4.69, 9.17) is 0 Å². The lowest BCUT2D eigenvalue weighted by atomic mass is 10.2. The van der Waals surface area contributed by atoms with Gasteiger partial charge in [0, 0.05) is 21.1 Å². The van der Waals surface area contributed by atoms with Crippen LogP contribution in [0.1, 0.15) is 34.1 Å². The number of nitrogens with zero attached hydrogens (tertiary/aromatic N) is 1. The predicted octanol–water partition coefficient (Wildman–Crippen LogP) is 4.08. The Morgan fingerprint density at radius 1 is 1.00 bits per heavy atom.